The van der Waals surface area contributed by atoms with Gasteiger partial charge in [0.25, 0.3) is 0 Å². The molecule has 1 heterocycles. The number of hydrogen-bond donors (Lipinski definition) is 2. The number of rotatable bonds is 6. The summed E-state index contributed by atoms with van der Waals surface area (Å²) in [6.45, 7) is 2.21. The van der Waals surface area contributed by atoms with Crippen molar-refractivity contribution < 1.29 is 13.5 Å². The largest absolute Gasteiger partial charge is 0.495 e. The second-order valence-corrected chi connectivity index (χ2v) is 6.73. The molecule has 0 bridgehead atoms. The molecule has 1 aliphatic rings. The number of guanidine groups is 1. The maximum Gasteiger partial charge on any atom is 0.191 e. The van der Waals surface area contributed by atoms with E-state index in [-0.39, 0.29) is 6.04 Å². The van der Waals surface area contributed by atoms with Crippen molar-refractivity contribution >= 4 is 11.6 Å². The Morgan fingerprint density at radius 2 is 2.07 bits per heavy atom. The number of hydrogen-bond acceptors (Lipinski definition) is 3. The third kappa shape index (κ3) is 4.91. The van der Waals surface area contributed by atoms with Gasteiger partial charge < -0.3 is 20.3 Å². The Balaban J connectivity index is 1.51. The third-order valence-electron chi connectivity index (χ3n) is 4.87. The maximum absolute atomic E-state index is 13.7. The number of halogens is 2. The molecule has 5 nitrogen and oxygen atoms in total. The number of nitrogens with zero attached hydrogens (tertiary/aromatic N) is 2. The van der Waals surface area contributed by atoms with Crippen LogP contribution in [0.1, 0.15) is 12.0 Å². The Morgan fingerprint density at radius 3 is 2.86 bits per heavy atom. The highest BCUT2D eigenvalue weighted by Crippen LogP contribution is 2.30. The van der Waals surface area contributed by atoms with Gasteiger partial charge in [0.1, 0.15) is 17.4 Å². The SMILES string of the molecule is CN=C(NCCc1cc(F)ccc1F)NC1CCN(c2ccccc2OC)C1. The lowest BCUT2D eigenvalue weighted by molar-refractivity contribution is 0.415. The quantitative estimate of drug-likeness (QED) is 0.590. The van der Waals surface area contributed by atoms with Crippen LogP contribution in [0.2, 0.25) is 0 Å². The van der Waals surface area contributed by atoms with Crippen LogP contribution in [0.5, 0.6) is 5.75 Å². The van der Waals surface area contributed by atoms with Crippen molar-refractivity contribution in [2.45, 2.75) is 18.9 Å². The van der Waals surface area contributed by atoms with Gasteiger partial charge in [0.2, 0.25) is 0 Å². The second kappa shape index (κ2) is 9.39. The van der Waals surface area contributed by atoms with Gasteiger partial charge in [-0.3, -0.25) is 4.99 Å². The summed E-state index contributed by atoms with van der Waals surface area (Å²) in [7, 11) is 3.38. The summed E-state index contributed by atoms with van der Waals surface area (Å²) in [5.41, 5.74) is 1.44. The summed E-state index contributed by atoms with van der Waals surface area (Å²) in [5.74, 6) is 0.696. The van der Waals surface area contributed by atoms with Crippen LogP contribution in [0.25, 0.3) is 0 Å². The van der Waals surface area contributed by atoms with Crippen LogP contribution in [-0.4, -0.2) is 45.8 Å². The van der Waals surface area contributed by atoms with Gasteiger partial charge in [0.15, 0.2) is 5.96 Å². The number of para-hydroxylation sites is 2. The van der Waals surface area contributed by atoms with Crippen LogP contribution in [0, 0.1) is 11.6 Å². The molecular formula is C21H26F2N4O. The van der Waals surface area contributed by atoms with Crippen molar-refractivity contribution in [3.8, 4) is 5.75 Å². The Morgan fingerprint density at radius 1 is 1.25 bits per heavy atom. The fourth-order valence-electron chi connectivity index (χ4n) is 3.43. The predicted octanol–water partition coefficient (Wildman–Crippen LogP) is 2.96. The van der Waals surface area contributed by atoms with E-state index in [1.54, 1.807) is 14.2 Å². The first-order valence-corrected chi connectivity index (χ1v) is 9.39. The first-order chi connectivity index (χ1) is 13.6. The number of benzene rings is 2. The van der Waals surface area contributed by atoms with E-state index in [0.717, 1.165) is 43.1 Å². The molecular weight excluding hydrogens is 362 g/mol. The van der Waals surface area contributed by atoms with Crippen LogP contribution in [0.15, 0.2) is 47.5 Å². The van der Waals surface area contributed by atoms with E-state index in [1.165, 1.54) is 6.07 Å². The van der Waals surface area contributed by atoms with Gasteiger partial charge in [0, 0.05) is 32.7 Å². The third-order valence-corrected chi connectivity index (χ3v) is 4.87. The monoisotopic (exact) mass is 388 g/mol. The second-order valence-electron chi connectivity index (χ2n) is 6.73. The van der Waals surface area contributed by atoms with Crippen LogP contribution < -0.4 is 20.3 Å². The van der Waals surface area contributed by atoms with Crippen LogP contribution in [0.3, 0.4) is 0 Å². The smallest absolute Gasteiger partial charge is 0.191 e. The molecule has 1 atom stereocenters. The number of aliphatic imine (C=N–C) groups is 1. The van der Waals surface area contributed by atoms with Crippen molar-refractivity contribution in [3.63, 3.8) is 0 Å². The van der Waals surface area contributed by atoms with Crippen molar-refractivity contribution in [2.75, 3.05) is 38.7 Å². The average molecular weight is 388 g/mol. The molecule has 1 unspecified atom stereocenters. The van der Waals surface area contributed by atoms with Crippen LogP contribution >= 0.6 is 0 Å². The van der Waals surface area contributed by atoms with Gasteiger partial charge in [-0.05, 0) is 48.7 Å². The average Bonchev–Trinajstić information content (AvgIpc) is 3.18. The normalized spacial score (nSPS) is 16.9. The Kier molecular flexibility index (Phi) is 6.68. The van der Waals surface area contributed by atoms with Gasteiger partial charge in [-0.2, -0.15) is 0 Å². The lowest BCUT2D eigenvalue weighted by atomic mass is 10.1. The summed E-state index contributed by atoms with van der Waals surface area (Å²) >= 11 is 0. The summed E-state index contributed by atoms with van der Waals surface area (Å²) in [5, 5.41) is 6.58. The fraction of sp³-hybridized carbons (Fsp3) is 0.381. The van der Waals surface area contributed by atoms with Crippen LogP contribution in [-0.2, 0) is 6.42 Å². The molecule has 0 radical (unpaired) electrons. The molecule has 0 saturated carbocycles. The molecule has 1 saturated heterocycles. The molecule has 1 aliphatic heterocycles. The number of nitrogens with one attached hydrogen (secondary N) is 2. The molecule has 2 aromatic carbocycles. The summed E-state index contributed by atoms with van der Waals surface area (Å²) in [4.78, 5) is 6.52. The maximum atomic E-state index is 13.7. The van der Waals surface area contributed by atoms with Gasteiger partial charge in [-0.1, -0.05) is 12.1 Å². The minimum absolute atomic E-state index is 0.238. The molecule has 0 aliphatic carbocycles. The molecule has 0 spiro atoms. The highest BCUT2D eigenvalue weighted by Gasteiger charge is 2.25. The summed E-state index contributed by atoms with van der Waals surface area (Å²) in [6.07, 6.45) is 1.35. The molecule has 7 heteroatoms. The van der Waals surface area contributed by atoms with E-state index < -0.39 is 11.6 Å². The minimum atomic E-state index is -0.429. The zero-order valence-corrected chi connectivity index (χ0v) is 16.2. The fourth-order valence-corrected chi connectivity index (χ4v) is 3.43. The standard InChI is InChI=1S/C21H26F2N4O/c1-24-21(25-11-9-15-13-16(22)7-8-18(15)23)26-17-10-12-27(14-17)19-5-3-4-6-20(19)28-2/h3-8,13,17H,9-12,14H2,1-2H3,(H2,24,25,26). The van der Waals surface area contributed by atoms with Crippen molar-refractivity contribution in [3.05, 3.63) is 59.7 Å². The molecule has 2 N–H and O–H groups in total. The zero-order valence-electron chi connectivity index (χ0n) is 16.2. The lowest BCUT2D eigenvalue weighted by Gasteiger charge is -2.22. The highest BCUT2D eigenvalue weighted by atomic mass is 19.1. The molecule has 3 rings (SSSR count). The van der Waals surface area contributed by atoms with Gasteiger partial charge in [-0.15, -0.1) is 0 Å². The Hall–Kier alpha value is -2.83. The number of methoxy groups -OCH3 is 1. The summed E-state index contributed by atoms with van der Waals surface area (Å²) < 4.78 is 32.4. The minimum Gasteiger partial charge on any atom is -0.495 e. The predicted molar refractivity (Wildman–Crippen MR) is 108 cm³/mol. The number of anilines is 1. The molecule has 1 fully saturated rings. The molecule has 150 valence electrons. The van der Waals surface area contributed by atoms with Crippen molar-refractivity contribution in [1.82, 2.24) is 10.6 Å². The topological polar surface area (TPSA) is 48.9 Å². The van der Waals surface area contributed by atoms with E-state index in [9.17, 15) is 8.78 Å². The first-order valence-electron chi connectivity index (χ1n) is 9.39. The van der Waals surface area contributed by atoms with Crippen LogP contribution in [0.4, 0.5) is 14.5 Å². The Bertz CT molecular complexity index is 828. The van der Waals surface area contributed by atoms with Gasteiger partial charge in [0.05, 0.1) is 12.8 Å². The Labute approximate surface area is 164 Å². The van der Waals surface area contributed by atoms with Gasteiger partial charge >= 0.3 is 0 Å². The van der Waals surface area contributed by atoms with E-state index in [4.69, 9.17) is 4.74 Å². The highest BCUT2D eigenvalue weighted by molar-refractivity contribution is 5.80. The van der Waals surface area contributed by atoms with Crippen molar-refractivity contribution in [2.24, 2.45) is 4.99 Å². The molecule has 0 amide bonds. The van der Waals surface area contributed by atoms with E-state index in [0.29, 0.717) is 24.5 Å². The zero-order chi connectivity index (χ0) is 19.9. The number of ether oxygens (including phenoxy) is 1. The van der Waals surface area contributed by atoms with E-state index in [1.807, 2.05) is 18.2 Å². The van der Waals surface area contributed by atoms with E-state index in [2.05, 4.69) is 26.6 Å². The lowest BCUT2D eigenvalue weighted by Crippen LogP contribution is -2.45. The molecule has 2 aromatic rings. The van der Waals surface area contributed by atoms with E-state index >= 15 is 0 Å². The molecule has 28 heavy (non-hydrogen) atoms. The summed E-state index contributed by atoms with van der Waals surface area (Å²) in [6, 6.07) is 11.7. The first kappa shape index (κ1) is 19.9. The van der Waals surface area contributed by atoms with Gasteiger partial charge in [-0.25, -0.2) is 8.78 Å². The molecule has 0 aromatic heterocycles. The van der Waals surface area contributed by atoms with Crippen molar-refractivity contribution in [1.29, 1.82) is 0 Å².